The van der Waals surface area contributed by atoms with Gasteiger partial charge in [0.2, 0.25) is 0 Å². The molecule has 6 nitrogen and oxygen atoms in total. The molecule has 2 rings (SSSR count). The molecule has 0 bridgehead atoms. The van der Waals surface area contributed by atoms with E-state index in [4.69, 9.17) is 4.52 Å². The van der Waals surface area contributed by atoms with Crippen molar-refractivity contribution >= 4 is 11.6 Å². The van der Waals surface area contributed by atoms with E-state index in [1.165, 1.54) is 0 Å². The van der Waals surface area contributed by atoms with Crippen LogP contribution in [-0.4, -0.2) is 21.7 Å². The first kappa shape index (κ1) is 12.3. The Labute approximate surface area is 106 Å². The fourth-order valence-corrected chi connectivity index (χ4v) is 1.51. The lowest BCUT2D eigenvalue weighted by Crippen LogP contribution is -2.07. The normalized spacial score (nSPS) is 10.3. The zero-order chi connectivity index (χ0) is 12.8. The van der Waals surface area contributed by atoms with Gasteiger partial charge in [-0.1, -0.05) is 12.1 Å². The maximum Gasteiger partial charge on any atom is 0.132 e. The number of rotatable bonds is 6. The maximum absolute atomic E-state index is 4.77. The predicted molar refractivity (Wildman–Crippen MR) is 69.4 cm³/mol. The van der Waals surface area contributed by atoms with Crippen LogP contribution in [0.15, 0.2) is 22.9 Å². The average molecular weight is 247 g/mol. The lowest BCUT2D eigenvalue weighted by atomic mass is 10.4. The minimum absolute atomic E-state index is 0.584. The fourth-order valence-electron chi connectivity index (χ4n) is 1.51. The van der Waals surface area contributed by atoms with Crippen LogP contribution in [0.3, 0.4) is 0 Å². The van der Waals surface area contributed by atoms with E-state index in [0.717, 1.165) is 36.1 Å². The number of aromatic nitrogens is 3. The molecule has 2 heterocycles. The molecule has 2 aromatic rings. The summed E-state index contributed by atoms with van der Waals surface area (Å²) in [5.74, 6) is 2.36. The van der Waals surface area contributed by atoms with E-state index in [0.29, 0.717) is 6.54 Å². The van der Waals surface area contributed by atoms with Gasteiger partial charge in [0, 0.05) is 18.7 Å². The van der Waals surface area contributed by atoms with Gasteiger partial charge in [-0.05, 0) is 13.3 Å². The third kappa shape index (κ3) is 3.44. The lowest BCUT2D eigenvalue weighted by molar-refractivity contribution is 0.412. The summed E-state index contributed by atoms with van der Waals surface area (Å²) in [6.45, 7) is 5.47. The Morgan fingerprint density at radius 2 is 2.00 bits per heavy atom. The van der Waals surface area contributed by atoms with E-state index in [1.54, 1.807) is 6.26 Å². The molecule has 0 aliphatic rings. The largest absolute Gasteiger partial charge is 0.370 e. The molecule has 0 aliphatic heterocycles. The van der Waals surface area contributed by atoms with E-state index in [-0.39, 0.29) is 0 Å². The molecule has 2 aromatic heterocycles. The highest BCUT2D eigenvalue weighted by atomic mass is 16.5. The SMILES string of the molecule is CCCNc1cc(NCc2ccon2)nc(C)n1. The Morgan fingerprint density at radius 3 is 2.67 bits per heavy atom. The van der Waals surface area contributed by atoms with Crippen molar-refractivity contribution in [2.75, 3.05) is 17.2 Å². The van der Waals surface area contributed by atoms with Crippen molar-refractivity contribution in [3.05, 3.63) is 29.9 Å². The number of nitrogens with one attached hydrogen (secondary N) is 2. The molecule has 6 heteroatoms. The molecule has 0 saturated carbocycles. The van der Waals surface area contributed by atoms with Crippen molar-refractivity contribution in [3.63, 3.8) is 0 Å². The Hall–Kier alpha value is -2.11. The van der Waals surface area contributed by atoms with E-state index in [1.807, 2.05) is 19.1 Å². The number of anilines is 2. The van der Waals surface area contributed by atoms with Crippen molar-refractivity contribution in [1.82, 2.24) is 15.1 Å². The highest BCUT2D eigenvalue weighted by molar-refractivity contribution is 5.47. The molecule has 0 unspecified atom stereocenters. The van der Waals surface area contributed by atoms with Gasteiger partial charge < -0.3 is 15.2 Å². The topological polar surface area (TPSA) is 75.9 Å². The summed E-state index contributed by atoms with van der Waals surface area (Å²) in [4.78, 5) is 8.64. The number of hydrogen-bond acceptors (Lipinski definition) is 6. The van der Waals surface area contributed by atoms with Gasteiger partial charge in [-0.3, -0.25) is 0 Å². The molecule has 0 saturated heterocycles. The number of aryl methyl sites for hydroxylation is 1. The Balaban J connectivity index is 2.00. The Morgan fingerprint density at radius 1 is 1.22 bits per heavy atom. The van der Waals surface area contributed by atoms with Crippen LogP contribution in [0, 0.1) is 6.92 Å². The standard InChI is InChI=1S/C12H17N5O/c1-3-5-13-11-7-12(16-9(2)15-11)14-8-10-4-6-18-17-10/h4,6-7H,3,5,8H2,1-2H3,(H2,13,14,15,16). The fraction of sp³-hybridized carbons (Fsp3) is 0.417. The summed E-state index contributed by atoms with van der Waals surface area (Å²) in [6, 6.07) is 3.71. The summed E-state index contributed by atoms with van der Waals surface area (Å²) < 4.78 is 4.77. The van der Waals surface area contributed by atoms with E-state index >= 15 is 0 Å². The van der Waals surface area contributed by atoms with E-state index < -0.39 is 0 Å². The Bertz CT molecular complexity index is 483. The molecule has 0 aliphatic carbocycles. The maximum atomic E-state index is 4.77. The summed E-state index contributed by atoms with van der Waals surface area (Å²) in [5.41, 5.74) is 0.842. The van der Waals surface area contributed by atoms with Crippen LogP contribution in [0.5, 0.6) is 0 Å². The Kier molecular flexibility index (Phi) is 4.11. The van der Waals surface area contributed by atoms with Crippen LogP contribution in [-0.2, 0) is 6.54 Å². The zero-order valence-corrected chi connectivity index (χ0v) is 10.6. The minimum atomic E-state index is 0.584. The first-order valence-corrected chi connectivity index (χ1v) is 6.00. The van der Waals surface area contributed by atoms with Crippen molar-refractivity contribution < 1.29 is 4.52 Å². The molecule has 0 fully saturated rings. The van der Waals surface area contributed by atoms with Gasteiger partial charge in [-0.25, -0.2) is 9.97 Å². The molecule has 0 radical (unpaired) electrons. The van der Waals surface area contributed by atoms with Crippen LogP contribution in [0.1, 0.15) is 24.9 Å². The highest BCUT2D eigenvalue weighted by Crippen LogP contribution is 2.12. The number of nitrogens with zero attached hydrogens (tertiary/aromatic N) is 3. The first-order chi connectivity index (χ1) is 8.78. The summed E-state index contributed by atoms with van der Waals surface area (Å²) in [7, 11) is 0. The summed E-state index contributed by atoms with van der Waals surface area (Å²) >= 11 is 0. The molecule has 0 atom stereocenters. The molecular weight excluding hydrogens is 230 g/mol. The van der Waals surface area contributed by atoms with Crippen molar-refractivity contribution in [2.45, 2.75) is 26.8 Å². The quantitative estimate of drug-likeness (QED) is 0.815. The van der Waals surface area contributed by atoms with Gasteiger partial charge in [0.05, 0.1) is 6.54 Å². The van der Waals surface area contributed by atoms with Gasteiger partial charge in [0.1, 0.15) is 29.4 Å². The van der Waals surface area contributed by atoms with Crippen LogP contribution in [0.2, 0.25) is 0 Å². The molecule has 0 spiro atoms. The number of hydrogen-bond donors (Lipinski definition) is 2. The van der Waals surface area contributed by atoms with Gasteiger partial charge in [-0.2, -0.15) is 0 Å². The van der Waals surface area contributed by atoms with Gasteiger partial charge in [0.25, 0.3) is 0 Å². The second kappa shape index (κ2) is 6.00. The van der Waals surface area contributed by atoms with Crippen LogP contribution in [0.4, 0.5) is 11.6 Å². The minimum Gasteiger partial charge on any atom is -0.370 e. The zero-order valence-electron chi connectivity index (χ0n) is 10.6. The molecule has 0 aromatic carbocycles. The van der Waals surface area contributed by atoms with Gasteiger partial charge in [-0.15, -0.1) is 0 Å². The summed E-state index contributed by atoms with van der Waals surface area (Å²) in [6.07, 6.45) is 2.61. The predicted octanol–water partition coefficient (Wildman–Crippen LogP) is 2.21. The van der Waals surface area contributed by atoms with Crippen molar-refractivity contribution in [1.29, 1.82) is 0 Å². The monoisotopic (exact) mass is 247 g/mol. The molecule has 96 valence electrons. The van der Waals surface area contributed by atoms with Crippen LogP contribution in [0.25, 0.3) is 0 Å². The van der Waals surface area contributed by atoms with Gasteiger partial charge >= 0.3 is 0 Å². The average Bonchev–Trinajstić information content (AvgIpc) is 2.86. The van der Waals surface area contributed by atoms with Crippen molar-refractivity contribution in [3.8, 4) is 0 Å². The lowest BCUT2D eigenvalue weighted by Gasteiger charge is -2.08. The first-order valence-electron chi connectivity index (χ1n) is 6.00. The van der Waals surface area contributed by atoms with Gasteiger partial charge in [0.15, 0.2) is 0 Å². The van der Waals surface area contributed by atoms with Crippen molar-refractivity contribution in [2.24, 2.45) is 0 Å². The smallest absolute Gasteiger partial charge is 0.132 e. The second-order valence-corrected chi connectivity index (χ2v) is 3.96. The third-order valence-electron chi connectivity index (χ3n) is 2.34. The summed E-state index contributed by atoms with van der Waals surface area (Å²) in [5, 5.41) is 10.3. The molecule has 18 heavy (non-hydrogen) atoms. The molecule has 2 N–H and O–H groups in total. The molecule has 0 amide bonds. The van der Waals surface area contributed by atoms with E-state index in [2.05, 4.69) is 32.7 Å². The van der Waals surface area contributed by atoms with Crippen LogP contribution < -0.4 is 10.6 Å². The van der Waals surface area contributed by atoms with Crippen LogP contribution >= 0.6 is 0 Å². The highest BCUT2D eigenvalue weighted by Gasteiger charge is 2.02. The molecular formula is C12H17N5O. The third-order valence-corrected chi connectivity index (χ3v) is 2.34. The van der Waals surface area contributed by atoms with E-state index in [9.17, 15) is 0 Å². The second-order valence-electron chi connectivity index (χ2n) is 3.96.